The van der Waals surface area contributed by atoms with Crippen LogP contribution >= 0.6 is 0 Å². The van der Waals surface area contributed by atoms with Crippen LogP contribution < -0.4 is 0 Å². The van der Waals surface area contributed by atoms with E-state index >= 15 is 0 Å². The van der Waals surface area contributed by atoms with E-state index in [1.54, 1.807) is 0 Å². The Kier molecular flexibility index (Phi) is 3.22. The van der Waals surface area contributed by atoms with Gasteiger partial charge in [-0.25, -0.2) is 0 Å². The average molecular weight is 195 g/mol. The van der Waals surface area contributed by atoms with Gasteiger partial charge in [0.15, 0.2) is 0 Å². The van der Waals surface area contributed by atoms with Crippen LogP contribution in [0.5, 0.6) is 0 Å². The predicted molar refractivity (Wildman–Crippen MR) is 45.5 cm³/mol. The summed E-state index contributed by atoms with van der Waals surface area (Å²) in [5.41, 5.74) is 0. The van der Waals surface area contributed by atoms with Gasteiger partial charge in [-0.2, -0.15) is 13.2 Å². The monoisotopic (exact) mass is 195 g/mol. The van der Waals surface area contributed by atoms with Crippen molar-refractivity contribution >= 4 is 0 Å². The lowest BCUT2D eigenvalue weighted by molar-refractivity contribution is -0.150. The van der Waals surface area contributed by atoms with Gasteiger partial charge in [-0.15, -0.1) is 0 Å². The van der Waals surface area contributed by atoms with Gasteiger partial charge in [0, 0.05) is 12.6 Å². The summed E-state index contributed by atoms with van der Waals surface area (Å²) in [4.78, 5) is 1.51. The minimum absolute atomic E-state index is 0.0118. The summed E-state index contributed by atoms with van der Waals surface area (Å²) in [6, 6.07) is -0.0118. The van der Waals surface area contributed by atoms with Crippen LogP contribution in [-0.2, 0) is 0 Å². The molecule has 78 valence electrons. The lowest BCUT2D eigenvalue weighted by Gasteiger charge is -2.27. The topological polar surface area (TPSA) is 3.24 Å². The third-order valence-corrected chi connectivity index (χ3v) is 2.30. The molecule has 0 saturated heterocycles. The fraction of sp³-hybridized carbons (Fsp3) is 1.00. The first kappa shape index (κ1) is 10.8. The second kappa shape index (κ2) is 3.86. The molecule has 0 unspecified atom stereocenters. The molecule has 0 bridgehead atoms. The van der Waals surface area contributed by atoms with Crippen LogP contribution in [0.1, 0.15) is 26.7 Å². The molecule has 0 N–H and O–H groups in total. The van der Waals surface area contributed by atoms with Crippen molar-refractivity contribution in [1.29, 1.82) is 0 Å². The van der Waals surface area contributed by atoms with Gasteiger partial charge in [-0.3, -0.25) is 4.90 Å². The molecule has 0 heterocycles. The van der Waals surface area contributed by atoms with Gasteiger partial charge in [0.05, 0.1) is 6.54 Å². The smallest absolute Gasteiger partial charge is 0.292 e. The van der Waals surface area contributed by atoms with Crippen molar-refractivity contribution in [2.45, 2.75) is 38.9 Å². The van der Waals surface area contributed by atoms with E-state index in [1.807, 2.05) is 13.8 Å². The van der Waals surface area contributed by atoms with E-state index in [0.717, 1.165) is 12.8 Å². The van der Waals surface area contributed by atoms with E-state index in [4.69, 9.17) is 0 Å². The SMILES string of the molecule is CC(C)N(CC1CC1)CC(F)(F)F. The molecule has 0 aromatic heterocycles. The zero-order chi connectivity index (χ0) is 10.1. The average Bonchev–Trinajstić information content (AvgIpc) is 2.66. The molecule has 1 fully saturated rings. The Morgan fingerprint density at radius 1 is 1.31 bits per heavy atom. The second-order valence-corrected chi connectivity index (χ2v) is 4.08. The van der Waals surface area contributed by atoms with Crippen LogP contribution in [0.3, 0.4) is 0 Å². The normalized spacial score (nSPS) is 18.7. The molecule has 13 heavy (non-hydrogen) atoms. The summed E-state index contributed by atoms with van der Waals surface area (Å²) in [5.74, 6) is 0.518. The Hall–Kier alpha value is -0.250. The maximum atomic E-state index is 12.1. The molecule has 0 aromatic carbocycles. The quantitative estimate of drug-likeness (QED) is 0.666. The predicted octanol–water partition coefficient (Wildman–Crippen LogP) is 2.67. The van der Waals surface area contributed by atoms with Crippen LogP contribution in [0.25, 0.3) is 0 Å². The standard InChI is InChI=1S/C9H16F3N/c1-7(2)13(5-8-3-4-8)6-9(10,11)12/h7-8H,3-6H2,1-2H3. The van der Waals surface area contributed by atoms with Gasteiger partial charge in [0.1, 0.15) is 0 Å². The molecule has 1 aliphatic rings. The molecular formula is C9H16F3N. The molecule has 0 spiro atoms. The maximum Gasteiger partial charge on any atom is 0.401 e. The molecule has 1 rings (SSSR count). The Morgan fingerprint density at radius 3 is 2.15 bits per heavy atom. The number of nitrogens with zero attached hydrogens (tertiary/aromatic N) is 1. The van der Waals surface area contributed by atoms with Crippen molar-refractivity contribution in [3.8, 4) is 0 Å². The number of hydrogen-bond acceptors (Lipinski definition) is 1. The highest BCUT2D eigenvalue weighted by atomic mass is 19.4. The Balaban J connectivity index is 2.36. The minimum Gasteiger partial charge on any atom is -0.292 e. The summed E-state index contributed by atoms with van der Waals surface area (Å²) in [6.45, 7) is 3.47. The molecule has 1 nitrogen and oxygen atoms in total. The molecule has 0 aliphatic heterocycles. The van der Waals surface area contributed by atoms with Crippen molar-refractivity contribution in [1.82, 2.24) is 4.90 Å². The van der Waals surface area contributed by atoms with E-state index in [-0.39, 0.29) is 6.04 Å². The first-order chi connectivity index (χ1) is 5.88. The van der Waals surface area contributed by atoms with E-state index in [0.29, 0.717) is 12.5 Å². The molecule has 0 amide bonds. The van der Waals surface area contributed by atoms with E-state index < -0.39 is 12.7 Å². The van der Waals surface area contributed by atoms with Crippen LogP contribution in [0.4, 0.5) is 13.2 Å². The van der Waals surface area contributed by atoms with Crippen molar-refractivity contribution in [3.05, 3.63) is 0 Å². The maximum absolute atomic E-state index is 12.1. The number of halogens is 3. The molecule has 0 radical (unpaired) electrons. The van der Waals surface area contributed by atoms with Crippen molar-refractivity contribution in [3.63, 3.8) is 0 Å². The van der Waals surface area contributed by atoms with Crippen LogP contribution in [0.2, 0.25) is 0 Å². The summed E-state index contributed by atoms with van der Waals surface area (Å²) in [6.07, 6.45) is -1.86. The van der Waals surface area contributed by atoms with Crippen molar-refractivity contribution in [2.75, 3.05) is 13.1 Å². The summed E-state index contributed by atoms with van der Waals surface area (Å²) >= 11 is 0. The van der Waals surface area contributed by atoms with Crippen molar-refractivity contribution in [2.24, 2.45) is 5.92 Å². The highest BCUT2D eigenvalue weighted by molar-refractivity contribution is 4.79. The fourth-order valence-corrected chi connectivity index (χ4v) is 1.32. The van der Waals surface area contributed by atoms with Crippen LogP contribution in [0, 0.1) is 5.92 Å². The Bertz CT molecular complexity index is 161. The summed E-state index contributed by atoms with van der Waals surface area (Å²) < 4.78 is 36.3. The fourth-order valence-electron chi connectivity index (χ4n) is 1.32. The van der Waals surface area contributed by atoms with E-state index in [2.05, 4.69) is 0 Å². The van der Waals surface area contributed by atoms with Gasteiger partial charge in [0.25, 0.3) is 0 Å². The highest BCUT2D eigenvalue weighted by Gasteiger charge is 2.34. The zero-order valence-corrected chi connectivity index (χ0v) is 8.06. The molecule has 0 aromatic rings. The van der Waals surface area contributed by atoms with Gasteiger partial charge < -0.3 is 0 Å². The second-order valence-electron chi connectivity index (χ2n) is 4.08. The minimum atomic E-state index is -4.06. The highest BCUT2D eigenvalue weighted by Crippen LogP contribution is 2.31. The first-order valence-electron chi connectivity index (χ1n) is 4.69. The lowest BCUT2D eigenvalue weighted by atomic mass is 10.2. The lowest BCUT2D eigenvalue weighted by Crippen LogP contribution is -2.40. The number of alkyl halides is 3. The van der Waals surface area contributed by atoms with E-state index in [1.165, 1.54) is 4.90 Å². The third-order valence-electron chi connectivity index (χ3n) is 2.30. The third kappa shape index (κ3) is 4.50. The van der Waals surface area contributed by atoms with Gasteiger partial charge in [0.2, 0.25) is 0 Å². The van der Waals surface area contributed by atoms with Gasteiger partial charge in [-0.05, 0) is 32.6 Å². The summed E-state index contributed by atoms with van der Waals surface area (Å²) in [5, 5.41) is 0. The van der Waals surface area contributed by atoms with Crippen LogP contribution in [0.15, 0.2) is 0 Å². The first-order valence-corrected chi connectivity index (χ1v) is 4.69. The molecule has 0 atom stereocenters. The number of rotatable bonds is 4. The van der Waals surface area contributed by atoms with Gasteiger partial charge >= 0.3 is 6.18 Å². The largest absolute Gasteiger partial charge is 0.401 e. The molecule has 1 aliphatic carbocycles. The van der Waals surface area contributed by atoms with Crippen LogP contribution in [-0.4, -0.2) is 30.2 Å². The van der Waals surface area contributed by atoms with Crippen molar-refractivity contribution < 1.29 is 13.2 Å². The molecule has 4 heteroatoms. The Labute approximate surface area is 76.9 Å². The summed E-state index contributed by atoms with van der Waals surface area (Å²) in [7, 11) is 0. The molecule has 1 saturated carbocycles. The number of hydrogen-bond donors (Lipinski definition) is 0. The Morgan fingerprint density at radius 2 is 1.85 bits per heavy atom. The van der Waals surface area contributed by atoms with Gasteiger partial charge in [-0.1, -0.05) is 0 Å². The van der Waals surface area contributed by atoms with E-state index in [9.17, 15) is 13.2 Å². The molecular weight excluding hydrogens is 179 g/mol. The zero-order valence-electron chi connectivity index (χ0n) is 8.06.